The fourth-order valence-electron chi connectivity index (χ4n) is 3.38. The molecule has 0 saturated heterocycles. The molecule has 0 unspecified atom stereocenters. The zero-order valence-electron chi connectivity index (χ0n) is 31.4. The highest BCUT2D eigenvalue weighted by Crippen LogP contribution is 2.05. The van der Waals surface area contributed by atoms with Crippen molar-refractivity contribution >= 4 is 67.2 Å². The predicted octanol–water partition coefficient (Wildman–Crippen LogP) is -1.09. The number of Topliss-reactive ketones (excluding diaryl/α,β-unsaturated/α-hetero) is 1. The summed E-state index contributed by atoms with van der Waals surface area (Å²) in [6.07, 6.45) is 11.1. The molecule has 50 heavy (non-hydrogen) atoms. The first-order valence-electron chi connectivity index (χ1n) is 17.5. The SMILES string of the molecule is CC.CCCCCCN.[B]N.[B]NC(=O)CCCCCNC(=O)CNCC(=O)NCCCCCC(=O)C(C)C.[B]NC(=O)CNCC(=O)N[B]. The lowest BCUT2D eigenvalue weighted by molar-refractivity contribution is -0.123. The van der Waals surface area contributed by atoms with Gasteiger partial charge < -0.3 is 37.7 Å². The van der Waals surface area contributed by atoms with Gasteiger partial charge >= 0.3 is 0 Å². The quantitative estimate of drug-likeness (QED) is 0.0412. The third kappa shape index (κ3) is 51.9. The Morgan fingerprint density at radius 2 is 0.920 bits per heavy atom. The van der Waals surface area contributed by atoms with Crippen molar-refractivity contribution < 1.29 is 28.8 Å². The zero-order chi connectivity index (χ0) is 39.4. The van der Waals surface area contributed by atoms with Crippen LogP contribution < -0.4 is 48.3 Å². The molecule has 0 heterocycles. The number of hydrogen-bond acceptors (Lipinski definition) is 10. The molecule has 0 aliphatic carbocycles. The van der Waals surface area contributed by atoms with Crippen molar-refractivity contribution in [3.05, 3.63) is 0 Å². The molecule has 0 rings (SSSR count). The van der Waals surface area contributed by atoms with Crippen molar-refractivity contribution in [3.63, 3.8) is 0 Å². The molecule has 0 spiro atoms. The van der Waals surface area contributed by atoms with Crippen LogP contribution >= 0.6 is 0 Å². The number of amides is 5. The molecular weight excluding hydrogens is 638 g/mol. The van der Waals surface area contributed by atoms with Gasteiger partial charge in [-0.05, 0) is 38.6 Å². The summed E-state index contributed by atoms with van der Waals surface area (Å²) in [5.74, 6) is -0.915. The van der Waals surface area contributed by atoms with Crippen LogP contribution in [0.4, 0.5) is 0 Å². The van der Waals surface area contributed by atoms with Gasteiger partial charge in [0.1, 0.15) is 5.78 Å². The van der Waals surface area contributed by atoms with Crippen LogP contribution in [-0.4, -0.2) is 113 Å². The minimum absolute atomic E-state index is 0.0100. The first kappa shape index (κ1) is 56.5. The van der Waals surface area contributed by atoms with E-state index < -0.39 is 11.8 Å². The van der Waals surface area contributed by atoms with E-state index in [1.54, 1.807) is 0 Å². The number of hydrogen-bond donors (Lipinski definition) is 9. The number of nitrogens with one attached hydrogen (secondary N) is 7. The lowest BCUT2D eigenvalue weighted by Crippen LogP contribution is -2.40. The minimum Gasteiger partial charge on any atom is -0.409 e. The van der Waals surface area contributed by atoms with Crippen molar-refractivity contribution in [3.8, 4) is 0 Å². The Bertz CT molecular complexity index is 813. The van der Waals surface area contributed by atoms with Crippen LogP contribution in [0.3, 0.4) is 0 Å². The lowest BCUT2D eigenvalue weighted by atomic mass is 10.0. The molecule has 0 aromatic carbocycles. The monoisotopic (exact) mass is 704 g/mol. The van der Waals surface area contributed by atoms with Crippen molar-refractivity contribution in [2.45, 2.75) is 112 Å². The number of ketones is 1. The average Bonchev–Trinajstić information content (AvgIpc) is 3.13. The first-order chi connectivity index (χ1) is 24.0. The summed E-state index contributed by atoms with van der Waals surface area (Å²) in [7, 11) is 18.5. The molecule has 0 aliphatic rings. The van der Waals surface area contributed by atoms with E-state index in [-0.39, 0.29) is 55.6 Å². The second-order valence-electron chi connectivity index (χ2n) is 10.7. The standard InChI is InChI=1S/C19H35BN4O4.C6H15N.C4H7B2N3O2.C2H6.BH2N/c1-15(2)16(25)9-5-3-7-11-22-18(27)13-21-14-19(28)23-12-8-4-6-10-17(26)24-20;1-2-3-4-5-6-7;5-8-3(10)1-7-2-4(11)9-6;2*1-2/h15,21H,3-14H2,1-2H3,(H,22,27)(H,23,28)(H,24,26);2-7H2,1H3;7H,1-2H2,(H,8,10)(H,9,11);1-2H3;2H2. The number of carbonyl (C=O) groups excluding carboxylic acids is 6. The van der Waals surface area contributed by atoms with Crippen LogP contribution in [0.5, 0.6) is 0 Å². The van der Waals surface area contributed by atoms with Gasteiger partial charge in [-0.2, -0.15) is 0 Å². The largest absolute Gasteiger partial charge is 0.409 e. The van der Waals surface area contributed by atoms with E-state index in [0.29, 0.717) is 25.9 Å². The first-order valence-corrected chi connectivity index (χ1v) is 17.5. The molecule has 0 aliphatic heterocycles. The topological polar surface area (TPSA) is 239 Å². The molecule has 0 fully saturated rings. The van der Waals surface area contributed by atoms with Crippen LogP contribution in [0.25, 0.3) is 0 Å². The molecule has 15 nitrogen and oxygen atoms in total. The van der Waals surface area contributed by atoms with E-state index in [1.165, 1.54) is 25.7 Å². The Balaban J connectivity index is -0.000000250. The fourth-order valence-corrected chi connectivity index (χ4v) is 3.38. The normalized spacial score (nSPS) is 9.36. The maximum atomic E-state index is 11.7. The van der Waals surface area contributed by atoms with E-state index in [4.69, 9.17) is 29.7 Å². The highest BCUT2D eigenvalue weighted by molar-refractivity contribution is 6.15. The minimum atomic E-state index is -0.394. The van der Waals surface area contributed by atoms with Crippen molar-refractivity contribution in [2.75, 3.05) is 45.8 Å². The molecule has 0 aromatic rings. The summed E-state index contributed by atoms with van der Waals surface area (Å²) in [5.41, 5.74) is 9.27. The van der Waals surface area contributed by atoms with Crippen molar-refractivity contribution in [2.24, 2.45) is 17.3 Å². The van der Waals surface area contributed by atoms with Crippen LogP contribution in [-0.2, 0) is 28.8 Å². The third-order valence-corrected chi connectivity index (χ3v) is 6.15. The predicted molar refractivity (Wildman–Crippen MR) is 205 cm³/mol. The van der Waals surface area contributed by atoms with Gasteiger partial charge in [-0.3, -0.25) is 39.4 Å². The number of carbonyl (C=O) groups is 6. The summed E-state index contributed by atoms with van der Waals surface area (Å²) >= 11 is 0. The molecule has 0 bridgehead atoms. The summed E-state index contributed by atoms with van der Waals surface area (Å²) in [6.45, 7) is 12.1. The van der Waals surface area contributed by atoms with Gasteiger partial charge in [0.15, 0.2) is 7.98 Å². The maximum absolute atomic E-state index is 11.7. The van der Waals surface area contributed by atoms with Gasteiger partial charge in [0.05, 0.1) is 26.2 Å². The molecular formula is C31H65B4N9O6. The highest BCUT2D eigenvalue weighted by Gasteiger charge is 2.07. The fraction of sp³-hybridized carbons (Fsp3) is 0.806. The van der Waals surface area contributed by atoms with E-state index in [2.05, 4.69) is 47.0 Å². The third-order valence-electron chi connectivity index (χ3n) is 6.15. The van der Waals surface area contributed by atoms with Gasteiger partial charge in [-0.15, -0.1) is 0 Å². The van der Waals surface area contributed by atoms with Crippen LogP contribution in [0.15, 0.2) is 0 Å². The summed E-state index contributed by atoms with van der Waals surface area (Å²) in [6, 6.07) is 0. The molecule has 0 saturated carbocycles. The molecule has 0 atom stereocenters. The van der Waals surface area contributed by atoms with E-state index in [0.717, 1.165) is 45.1 Å². The molecule has 282 valence electrons. The lowest BCUT2D eigenvalue weighted by Gasteiger charge is -2.08. The van der Waals surface area contributed by atoms with Gasteiger partial charge in [0.2, 0.25) is 53.5 Å². The summed E-state index contributed by atoms with van der Waals surface area (Å²) in [4.78, 5) is 66.5. The second-order valence-corrected chi connectivity index (χ2v) is 10.7. The van der Waals surface area contributed by atoms with Crippen LogP contribution in [0, 0.1) is 5.92 Å². The number of rotatable bonds is 25. The van der Waals surface area contributed by atoms with E-state index in [9.17, 15) is 28.8 Å². The molecule has 0 aromatic heterocycles. The molecule has 19 heteroatoms. The second kappa shape index (κ2) is 48.2. The Labute approximate surface area is 307 Å². The number of nitrogens with two attached hydrogens (primary N) is 2. The molecule has 11 N–H and O–H groups in total. The van der Waals surface area contributed by atoms with Gasteiger partial charge in [-0.1, -0.05) is 66.7 Å². The van der Waals surface area contributed by atoms with Crippen LogP contribution in [0.2, 0.25) is 0 Å². The van der Waals surface area contributed by atoms with Gasteiger partial charge in [0, 0.05) is 31.8 Å². The summed E-state index contributed by atoms with van der Waals surface area (Å²) in [5, 5.41) is 16.7. The van der Waals surface area contributed by atoms with Gasteiger partial charge in [-0.25, -0.2) is 0 Å². The highest BCUT2D eigenvalue weighted by atomic mass is 16.2. The van der Waals surface area contributed by atoms with E-state index in [1.807, 2.05) is 38.2 Å². The smallest absolute Gasteiger partial charge is 0.233 e. The maximum Gasteiger partial charge on any atom is 0.233 e. The molecule has 5 amide bonds. The Kier molecular flexibility index (Phi) is 54.5. The Morgan fingerprint density at radius 1 is 0.540 bits per heavy atom. The average molecular weight is 703 g/mol. The molecule has 8 radical (unpaired) electrons. The number of unbranched alkanes of at least 4 members (excludes halogenated alkanes) is 7. The van der Waals surface area contributed by atoms with Gasteiger partial charge in [0.25, 0.3) is 0 Å². The Hall–Kier alpha value is -2.88. The van der Waals surface area contributed by atoms with Crippen molar-refractivity contribution in [1.82, 2.24) is 37.0 Å². The summed E-state index contributed by atoms with van der Waals surface area (Å²) < 4.78 is 0. The Morgan fingerprint density at radius 3 is 1.28 bits per heavy atom. The zero-order valence-corrected chi connectivity index (χ0v) is 31.4. The van der Waals surface area contributed by atoms with Crippen molar-refractivity contribution in [1.29, 1.82) is 0 Å². The van der Waals surface area contributed by atoms with Crippen LogP contribution in [0.1, 0.15) is 112 Å². The van der Waals surface area contributed by atoms with E-state index >= 15 is 0 Å².